The first-order chi connectivity index (χ1) is 10.3. The van der Waals surface area contributed by atoms with Crippen LogP contribution in [-0.4, -0.2) is 33.6 Å². The van der Waals surface area contributed by atoms with E-state index >= 15 is 0 Å². The van der Waals surface area contributed by atoms with Gasteiger partial charge in [-0.25, -0.2) is 4.98 Å². The summed E-state index contributed by atoms with van der Waals surface area (Å²) in [6, 6.07) is 0. The lowest BCUT2D eigenvalue weighted by molar-refractivity contribution is -0.168. The van der Waals surface area contributed by atoms with Crippen molar-refractivity contribution in [2.24, 2.45) is 10.8 Å². The van der Waals surface area contributed by atoms with Crippen LogP contribution in [0.3, 0.4) is 0 Å². The number of aryl methyl sites for hydroxylation is 1. The van der Waals surface area contributed by atoms with E-state index in [-0.39, 0.29) is 11.9 Å². The molecule has 6 heteroatoms. The number of carbonyl (C=O) groups is 2. The highest BCUT2D eigenvalue weighted by atomic mass is 16.6. The van der Waals surface area contributed by atoms with Gasteiger partial charge in [0, 0.05) is 30.9 Å². The minimum Gasteiger partial charge on any atom is -0.448 e. The monoisotopic (exact) mass is 305 g/mol. The van der Waals surface area contributed by atoms with Gasteiger partial charge in [0.25, 0.3) is 5.91 Å². The Labute approximate surface area is 130 Å². The van der Waals surface area contributed by atoms with Crippen molar-refractivity contribution in [3.05, 3.63) is 18.7 Å². The first kappa shape index (κ1) is 15.1. The fraction of sp³-hybridized carbons (Fsp3) is 0.688. The number of esters is 1. The van der Waals surface area contributed by atoms with Crippen LogP contribution in [0.4, 0.5) is 0 Å². The van der Waals surface area contributed by atoms with Crippen LogP contribution in [-0.2, 0) is 20.9 Å². The molecule has 1 N–H and O–H groups in total. The molecule has 1 saturated carbocycles. The fourth-order valence-electron chi connectivity index (χ4n) is 3.77. The SMILES string of the molecule is CC1(C)[C@@]2(C)CC[C@@]1(C(=O)NCCCn1ccnc1)OC2=O. The molecule has 1 aromatic heterocycles. The number of fused-ring (bicyclic) bond motifs is 2. The second kappa shape index (κ2) is 4.83. The molecule has 1 aliphatic heterocycles. The predicted molar refractivity (Wildman–Crippen MR) is 79.8 cm³/mol. The molecule has 0 unspecified atom stereocenters. The van der Waals surface area contributed by atoms with Crippen LogP contribution in [0.15, 0.2) is 18.7 Å². The number of rotatable bonds is 5. The number of ether oxygens (including phenoxy) is 1. The van der Waals surface area contributed by atoms with E-state index in [1.165, 1.54) is 0 Å². The molecule has 2 atom stereocenters. The first-order valence-corrected chi connectivity index (χ1v) is 7.81. The van der Waals surface area contributed by atoms with E-state index in [4.69, 9.17) is 4.74 Å². The van der Waals surface area contributed by atoms with Crippen molar-refractivity contribution in [2.75, 3.05) is 6.54 Å². The third-order valence-electron chi connectivity index (χ3n) is 5.89. The zero-order valence-electron chi connectivity index (χ0n) is 13.4. The largest absolute Gasteiger partial charge is 0.448 e. The highest BCUT2D eigenvalue weighted by Crippen LogP contribution is 2.65. The molecule has 0 radical (unpaired) electrons. The second-order valence-corrected chi connectivity index (χ2v) is 7.08. The lowest BCUT2D eigenvalue weighted by Crippen LogP contribution is -2.53. The van der Waals surface area contributed by atoms with Gasteiger partial charge in [-0.2, -0.15) is 0 Å². The standard InChI is InChI=1S/C16H23N3O3/c1-14(2)15(3)5-6-16(14,22-13(15)21)12(20)18-7-4-9-19-10-8-17-11-19/h8,10-11H,4-7,9H2,1-3H3,(H,18,20)/t15-,16-/m0/s1. The molecule has 1 aromatic rings. The van der Waals surface area contributed by atoms with Crippen molar-refractivity contribution < 1.29 is 14.3 Å². The molecule has 2 heterocycles. The maximum absolute atomic E-state index is 12.7. The van der Waals surface area contributed by atoms with Crippen molar-refractivity contribution in [3.63, 3.8) is 0 Å². The Kier molecular flexibility index (Phi) is 3.30. The Morgan fingerprint density at radius 3 is 2.73 bits per heavy atom. The van der Waals surface area contributed by atoms with Gasteiger partial charge in [-0.15, -0.1) is 0 Å². The Bertz CT molecular complexity index is 596. The number of amides is 1. The Morgan fingerprint density at radius 2 is 2.18 bits per heavy atom. The summed E-state index contributed by atoms with van der Waals surface area (Å²) in [7, 11) is 0. The third-order valence-corrected chi connectivity index (χ3v) is 5.89. The van der Waals surface area contributed by atoms with Gasteiger partial charge in [0.05, 0.1) is 11.7 Å². The van der Waals surface area contributed by atoms with E-state index in [1.807, 2.05) is 31.5 Å². The highest BCUT2D eigenvalue weighted by Gasteiger charge is 2.75. The quantitative estimate of drug-likeness (QED) is 0.661. The van der Waals surface area contributed by atoms with Gasteiger partial charge in [-0.1, -0.05) is 13.8 Å². The summed E-state index contributed by atoms with van der Waals surface area (Å²) in [5.41, 5.74) is -2.04. The molecule has 22 heavy (non-hydrogen) atoms. The van der Waals surface area contributed by atoms with Gasteiger partial charge in [-0.3, -0.25) is 9.59 Å². The van der Waals surface area contributed by atoms with Crippen LogP contribution in [0.25, 0.3) is 0 Å². The summed E-state index contributed by atoms with van der Waals surface area (Å²) in [6.45, 7) is 7.21. The van der Waals surface area contributed by atoms with Crippen LogP contribution >= 0.6 is 0 Å². The average molecular weight is 305 g/mol. The summed E-state index contributed by atoms with van der Waals surface area (Å²) in [6.07, 6.45) is 7.51. The van der Waals surface area contributed by atoms with E-state index in [0.29, 0.717) is 19.4 Å². The molecular weight excluding hydrogens is 282 g/mol. The number of hydrogen-bond donors (Lipinski definition) is 1. The predicted octanol–water partition coefficient (Wildman–Crippen LogP) is 1.51. The maximum atomic E-state index is 12.7. The second-order valence-electron chi connectivity index (χ2n) is 7.08. The van der Waals surface area contributed by atoms with Crippen LogP contribution in [0.1, 0.15) is 40.0 Å². The summed E-state index contributed by atoms with van der Waals surface area (Å²) in [5.74, 6) is -0.393. The zero-order valence-corrected chi connectivity index (χ0v) is 13.4. The molecule has 1 saturated heterocycles. The topological polar surface area (TPSA) is 73.2 Å². The van der Waals surface area contributed by atoms with Crippen LogP contribution in [0, 0.1) is 10.8 Å². The minimum absolute atomic E-state index is 0.155. The number of aromatic nitrogens is 2. The molecule has 3 rings (SSSR count). The smallest absolute Gasteiger partial charge is 0.313 e. The van der Waals surface area contributed by atoms with Crippen LogP contribution < -0.4 is 5.32 Å². The van der Waals surface area contributed by atoms with Gasteiger partial charge in [-0.05, 0) is 26.2 Å². The zero-order chi connectivity index (χ0) is 16.0. The van der Waals surface area contributed by atoms with Crippen molar-refractivity contribution in [1.82, 2.24) is 14.9 Å². The number of carbonyl (C=O) groups excluding carboxylic acids is 2. The van der Waals surface area contributed by atoms with Crippen molar-refractivity contribution in [3.8, 4) is 0 Å². The normalized spacial score (nSPS) is 32.0. The average Bonchev–Trinajstić information content (AvgIpc) is 3.08. The molecule has 2 aliphatic rings. The minimum atomic E-state index is -1.01. The van der Waals surface area contributed by atoms with E-state index in [1.54, 1.807) is 12.5 Å². The number of imidazole rings is 1. The maximum Gasteiger partial charge on any atom is 0.313 e. The molecule has 0 spiro atoms. The van der Waals surface area contributed by atoms with Gasteiger partial charge < -0.3 is 14.6 Å². The van der Waals surface area contributed by atoms with Crippen molar-refractivity contribution in [1.29, 1.82) is 0 Å². The van der Waals surface area contributed by atoms with Gasteiger partial charge in [0.15, 0.2) is 5.60 Å². The molecule has 1 amide bonds. The lowest BCUT2D eigenvalue weighted by atomic mass is 9.66. The Balaban J connectivity index is 1.61. The van der Waals surface area contributed by atoms with Gasteiger partial charge in [0.1, 0.15) is 0 Å². The third kappa shape index (κ3) is 1.82. The molecule has 1 aliphatic carbocycles. The molecule has 120 valence electrons. The molecule has 6 nitrogen and oxygen atoms in total. The Morgan fingerprint density at radius 1 is 1.41 bits per heavy atom. The number of nitrogens with zero attached hydrogens (tertiary/aromatic N) is 2. The molecule has 0 aromatic carbocycles. The molecular formula is C16H23N3O3. The van der Waals surface area contributed by atoms with Crippen LogP contribution in [0.5, 0.6) is 0 Å². The molecule has 2 bridgehead atoms. The Hall–Kier alpha value is -1.85. The van der Waals surface area contributed by atoms with Crippen molar-refractivity contribution in [2.45, 2.75) is 52.2 Å². The van der Waals surface area contributed by atoms with E-state index in [2.05, 4.69) is 10.3 Å². The van der Waals surface area contributed by atoms with Gasteiger partial charge >= 0.3 is 5.97 Å². The van der Waals surface area contributed by atoms with Crippen LogP contribution in [0.2, 0.25) is 0 Å². The van der Waals surface area contributed by atoms with Crippen molar-refractivity contribution >= 4 is 11.9 Å². The number of hydrogen-bond acceptors (Lipinski definition) is 4. The first-order valence-electron chi connectivity index (χ1n) is 7.81. The van der Waals surface area contributed by atoms with E-state index in [0.717, 1.165) is 13.0 Å². The van der Waals surface area contributed by atoms with E-state index in [9.17, 15) is 9.59 Å². The fourth-order valence-corrected chi connectivity index (χ4v) is 3.77. The summed E-state index contributed by atoms with van der Waals surface area (Å²) in [4.78, 5) is 28.8. The molecule has 2 fully saturated rings. The van der Waals surface area contributed by atoms with E-state index < -0.39 is 16.4 Å². The summed E-state index contributed by atoms with van der Waals surface area (Å²) >= 11 is 0. The summed E-state index contributed by atoms with van der Waals surface area (Å²) in [5, 5.41) is 2.95. The summed E-state index contributed by atoms with van der Waals surface area (Å²) < 4.78 is 7.53. The van der Waals surface area contributed by atoms with Gasteiger partial charge in [0.2, 0.25) is 0 Å². The lowest BCUT2D eigenvalue weighted by Gasteiger charge is -2.35. The number of nitrogens with one attached hydrogen (secondary N) is 1. The highest BCUT2D eigenvalue weighted by molar-refractivity contribution is 5.96.